The number of hydrogen-bond donors (Lipinski definition) is 1. The molecule has 0 radical (unpaired) electrons. The van der Waals surface area contributed by atoms with Crippen molar-refractivity contribution in [2.24, 2.45) is 5.92 Å². The van der Waals surface area contributed by atoms with Gasteiger partial charge in [-0.1, -0.05) is 38.8 Å². The highest BCUT2D eigenvalue weighted by atomic mass is 32.2. The van der Waals surface area contributed by atoms with Gasteiger partial charge in [0, 0.05) is 12.5 Å². The topological polar surface area (TPSA) is 63.2 Å². The molecule has 0 spiro atoms. The molecule has 0 aliphatic heterocycles. The van der Waals surface area contributed by atoms with Gasteiger partial charge in [0.15, 0.2) is 9.84 Å². The lowest BCUT2D eigenvalue weighted by Crippen LogP contribution is -2.29. The van der Waals surface area contributed by atoms with E-state index in [9.17, 15) is 13.2 Å². The highest BCUT2D eigenvalue weighted by molar-refractivity contribution is 7.92. The molecule has 5 heteroatoms. The van der Waals surface area contributed by atoms with E-state index >= 15 is 0 Å². The summed E-state index contributed by atoms with van der Waals surface area (Å²) < 4.78 is 24.9. The van der Waals surface area contributed by atoms with Gasteiger partial charge in [0.25, 0.3) is 0 Å². The molecule has 1 aromatic carbocycles. The van der Waals surface area contributed by atoms with Crippen LogP contribution in [0.25, 0.3) is 0 Å². The first-order valence-electron chi connectivity index (χ1n) is 8.02. The molecule has 0 atom stereocenters. The molecule has 1 aliphatic carbocycles. The van der Waals surface area contributed by atoms with Gasteiger partial charge in [-0.2, -0.15) is 0 Å². The van der Waals surface area contributed by atoms with Crippen molar-refractivity contribution < 1.29 is 13.2 Å². The average Bonchev–Trinajstić information content (AvgIpc) is 3.02. The first-order valence-corrected chi connectivity index (χ1v) is 9.56. The predicted molar refractivity (Wildman–Crippen MR) is 87.4 cm³/mol. The second kappa shape index (κ2) is 7.27. The molecule has 1 aliphatic rings. The van der Waals surface area contributed by atoms with E-state index in [1.54, 1.807) is 12.1 Å². The van der Waals surface area contributed by atoms with Gasteiger partial charge in [-0.3, -0.25) is 4.79 Å². The number of amides is 1. The average molecular weight is 323 g/mol. The van der Waals surface area contributed by atoms with Crippen LogP contribution in [0, 0.1) is 5.92 Å². The lowest BCUT2D eigenvalue weighted by Gasteiger charge is -2.12. The molecular formula is C17H25NO3S. The number of rotatable bonds is 6. The molecule has 1 fully saturated rings. The first kappa shape index (κ1) is 17.0. The molecule has 1 N–H and O–H groups in total. The molecule has 1 aromatic rings. The lowest BCUT2D eigenvalue weighted by atomic mass is 10.1. The minimum atomic E-state index is -3.17. The van der Waals surface area contributed by atoms with Crippen LogP contribution < -0.4 is 5.32 Å². The highest BCUT2D eigenvalue weighted by Gasteiger charge is 2.29. The van der Waals surface area contributed by atoms with Crippen molar-refractivity contribution >= 4 is 15.7 Å². The molecule has 0 heterocycles. The first-order chi connectivity index (χ1) is 10.4. The zero-order valence-electron chi connectivity index (χ0n) is 13.3. The Morgan fingerprint density at radius 3 is 2.32 bits per heavy atom. The van der Waals surface area contributed by atoms with Gasteiger partial charge in [-0.25, -0.2) is 8.42 Å². The standard InChI is InChI=1S/C17H25NO3S/c1-13(2)17(19)18-12-11-14-7-9-16(10-8-14)22(20,21)15-5-3-4-6-15/h7-10,13,15H,3-6,11-12H2,1-2H3,(H,18,19). The second-order valence-electron chi connectivity index (χ2n) is 6.29. The van der Waals surface area contributed by atoms with Crippen LogP contribution in [0.4, 0.5) is 0 Å². The van der Waals surface area contributed by atoms with Crippen LogP contribution in [0.1, 0.15) is 45.1 Å². The predicted octanol–water partition coefficient (Wildman–Crippen LogP) is 2.72. The second-order valence-corrected chi connectivity index (χ2v) is 8.52. The van der Waals surface area contributed by atoms with Crippen LogP contribution in [0.2, 0.25) is 0 Å². The number of carbonyl (C=O) groups excluding carboxylic acids is 1. The highest BCUT2D eigenvalue weighted by Crippen LogP contribution is 2.29. The van der Waals surface area contributed by atoms with Crippen LogP contribution in [0.3, 0.4) is 0 Å². The van der Waals surface area contributed by atoms with Gasteiger partial charge < -0.3 is 5.32 Å². The molecule has 2 rings (SSSR count). The summed E-state index contributed by atoms with van der Waals surface area (Å²) in [6.45, 7) is 4.29. The van der Waals surface area contributed by atoms with Gasteiger partial charge >= 0.3 is 0 Å². The zero-order chi connectivity index (χ0) is 16.2. The van der Waals surface area contributed by atoms with E-state index in [-0.39, 0.29) is 17.1 Å². The van der Waals surface area contributed by atoms with Crippen molar-refractivity contribution in [1.82, 2.24) is 5.32 Å². The van der Waals surface area contributed by atoms with E-state index in [1.165, 1.54) is 0 Å². The maximum atomic E-state index is 12.5. The minimum absolute atomic E-state index is 0.0149. The third-order valence-electron chi connectivity index (χ3n) is 4.23. The van der Waals surface area contributed by atoms with Gasteiger partial charge in [-0.05, 0) is 37.0 Å². The molecule has 1 amide bonds. The Morgan fingerprint density at radius 1 is 1.18 bits per heavy atom. The van der Waals surface area contributed by atoms with Crippen molar-refractivity contribution in [2.45, 2.75) is 56.1 Å². The lowest BCUT2D eigenvalue weighted by molar-refractivity contribution is -0.123. The van der Waals surface area contributed by atoms with Crippen molar-refractivity contribution in [1.29, 1.82) is 0 Å². The summed E-state index contributed by atoms with van der Waals surface area (Å²) in [6, 6.07) is 7.10. The minimum Gasteiger partial charge on any atom is -0.356 e. The van der Waals surface area contributed by atoms with Crippen molar-refractivity contribution in [3.8, 4) is 0 Å². The number of carbonyl (C=O) groups is 1. The summed E-state index contributed by atoms with van der Waals surface area (Å²) >= 11 is 0. The molecule has 1 saturated carbocycles. The van der Waals surface area contributed by atoms with Crippen LogP contribution >= 0.6 is 0 Å². The summed E-state index contributed by atoms with van der Waals surface area (Å²) in [5.74, 6) is 0.0272. The van der Waals surface area contributed by atoms with E-state index in [0.29, 0.717) is 17.9 Å². The number of nitrogens with one attached hydrogen (secondary N) is 1. The molecule has 4 nitrogen and oxygen atoms in total. The van der Waals surface area contributed by atoms with E-state index < -0.39 is 9.84 Å². The summed E-state index contributed by atoms with van der Waals surface area (Å²) in [7, 11) is -3.17. The van der Waals surface area contributed by atoms with Gasteiger partial charge in [-0.15, -0.1) is 0 Å². The van der Waals surface area contributed by atoms with Crippen molar-refractivity contribution in [3.05, 3.63) is 29.8 Å². The summed E-state index contributed by atoms with van der Waals surface area (Å²) in [5, 5.41) is 2.66. The third kappa shape index (κ3) is 4.09. The maximum Gasteiger partial charge on any atom is 0.222 e. The largest absolute Gasteiger partial charge is 0.356 e. The Balaban J connectivity index is 1.94. The molecule has 22 heavy (non-hydrogen) atoms. The van der Waals surface area contributed by atoms with Crippen LogP contribution in [0.15, 0.2) is 29.2 Å². The number of hydrogen-bond acceptors (Lipinski definition) is 3. The molecular weight excluding hydrogens is 298 g/mol. The SMILES string of the molecule is CC(C)C(=O)NCCc1ccc(S(=O)(=O)C2CCCC2)cc1. The molecule has 0 saturated heterocycles. The molecule has 0 bridgehead atoms. The third-order valence-corrected chi connectivity index (χ3v) is 6.51. The maximum absolute atomic E-state index is 12.5. The van der Waals surface area contributed by atoms with Crippen molar-refractivity contribution in [2.75, 3.05) is 6.54 Å². The Hall–Kier alpha value is -1.36. The smallest absolute Gasteiger partial charge is 0.222 e. The van der Waals surface area contributed by atoms with Gasteiger partial charge in [0.05, 0.1) is 10.1 Å². The quantitative estimate of drug-likeness (QED) is 0.875. The number of benzene rings is 1. The Kier molecular flexibility index (Phi) is 5.62. The Morgan fingerprint density at radius 2 is 1.77 bits per heavy atom. The van der Waals surface area contributed by atoms with Gasteiger partial charge in [0.2, 0.25) is 5.91 Å². The Bertz CT molecular complexity index is 599. The van der Waals surface area contributed by atoms with Crippen LogP contribution in [0.5, 0.6) is 0 Å². The summed E-state index contributed by atoms with van der Waals surface area (Å²) in [4.78, 5) is 11.9. The van der Waals surface area contributed by atoms with Crippen LogP contribution in [-0.4, -0.2) is 26.1 Å². The normalized spacial score (nSPS) is 16.1. The summed E-state index contributed by atoms with van der Waals surface area (Å²) in [6.07, 6.45) is 4.30. The molecule has 0 unspecified atom stereocenters. The monoisotopic (exact) mass is 323 g/mol. The zero-order valence-corrected chi connectivity index (χ0v) is 14.2. The fourth-order valence-corrected chi connectivity index (χ4v) is 4.63. The van der Waals surface area contributed by atoms with Crippen molar-refractivity contribution in [3.63, 3.8) is 0 Å². The van der Waals surface area contributed by atoms with Gasteiger partial charge in [0.1, 0.15) is 0 Å². The molecule has 0 aromatic heterocycles. The number of sulfone groups is 1. The van der Waals surface area contributed by atoms with E-state index in [4.69, 9.17) is 0 Å². The summed E-state index contributed by atoms with van der Waals surface area (Å²) in [5.41, 5.74) is 1.04. The van der Waals surface area contributed by atoms with Crippen LogP contribution in [-0.2, 0) is 21.1 Å². The fourth-order valence-electron chi connectivity index (χ4n) is 2.77. The van der Waals surface area contributed by atoms with E-state index in [0.717, 1.165) is 31.2 Å². The molecule has 122 valence electrons. The Labute approximate surface area is 133 Å². The van der Waals surface area contributed by atoms with E-state index in [1.807, 2.05) is 26.0 Å². The fraction of sp³-hybridized carbons (Fsp3) is 0.588. The van der Waals surface area contributed by atoms with E-state index in [2.05, 4.69) is 5.32 Å².